The number of aliphatic carboxylic acids is 1. The Kier molecular flexibility index (Phi) is 10.3. The molecular weight excluding hydrogens is 556 g/mol. The maximum atomic E-state index is 13.5. The summed E-state index contributed by atoms with van der Waals surface area (Å²) in [4.78, 5) is 66.6. The largest absolute Gasteiger partial charge is 0.508 e. The van der Waals surface area contributed by atoms with Crippen molar-refractivity contribution in [2.75, 3.05) is 6.54 Å². The van der Waals surface area contributed by atoms with Crippen LogP contribution < -0.4 is 27.0 Å². The van der Waals surface area contributed by atoms with Gasteiger partial charge in [-0.15, -0.1) is 0 Å². The Bertz CT molecular complexity index is 1470. The molecule has 3 aromatic rings. The number of hydrogen-bond acceptors (Lipinski definition) is 7. The van der Waals surface area contributed by atoms with Crippen LogP contribution in [-0.2, 0) is 36.8 Å². The van der Waals surface area contributed by atoms with Crippen molar-refractivity contribution in [1.82, 2.24) is 26.3 Å². The number of fused-ring (bicyclic) bond motifs is 1. The highest BCUT2D eigenvalue weighted by Gasteiger charge is 2.32. The second-order valence-corrected chi connectivity index (χ2v) is 10.6. The highest BCUT2D eigenvalue weighted by Crippen LogP contribution is 2.19. The Hall–Kier alpha value is -4.91. The molecule has 4 rings (SSSR count). The van der Waals surface area contributed by atoms with Crippen LogP contribution in [0.15, 0.2) is 54.7 Å². The molecule has 9 N–H and O–H groups in total. The van der Waals surface area contributed by atoms with Crippen molar-refractivity contribution in [3.8, 4) is 5.75 Å². The van der Waals surface area contributed by atoms with E-state index in [1.165, 1.54) is 12.1 Å². The van der Waals surface area contributed by atoms with Gasteiger partial charge in [-0.3, -0.25) is 19.2 Å². The number of carbonyl (C=O) groups excluding carboxylic acids is 4. The normalized spacial score (nSPS) is 16.6. The molecule has 1 aliphatic rings. The summed E-state index contributed by atoms with van der Waals surface area (Å²) in [6.07, 6.45) is 2.68. The number of hydrogen-bond donors (Lipinski definition) is 8. The lowest BCUT2D eigenvalue weighted by molar-refractivity contribution is -0.142. The maximum absolute atomic E-state index is 13.5. The fourth-order valence-corrected chi connectivity index (χ4v) is 5.08. The number of nitrogens with one attached hydrogen (secondary N) is 5. The van der Waals surface area contributed by atoms with Crippen LogP contribution in [0.25, 0.3) is 10.9 Å². The Labute approximate surface area is 247 Å². The molecule has 13 heteroatoms. The Morgan fingerprint density at radius 1 is 0.907 bits per heavy atom. The van der Waals surface area contributed by atoms with Crippen molar-refractivity contribution in [2.45, 2.75) is 62.7 Å². The van der Waals surface area contributed by atoms with Crippen molar-refractivity contribution in [2.24, 2.45) is 5.73 Å². The molecule has 1 aromatic heterocycles. The van der Waals surface area contributed by atoms with E-state index >= 15 is 0 Å². The molecule has 1 saturated heterocycles. The minimum Gasteiger partial charge on any atom is -0.508 e. The molecular formula is C30H36N6O7. The number of nitrogens with two attached hydrogens (primary N) is 1. The van der Waals surface area contributed by atoms with Gasteiger partial charge in [-0.05, 0) is 55.1 Å². The molecule has 0 bridgehead atoms. The van der Waals surface area contributed by atoms with Crippen LogP contribution in [0.4, 0.5) is 0 Å². The molecule has 2 heterocycles. The van der Waals surface area contributed by atoms with Crippen LogP contribution in [0.3, 0.4) is 0 Å². The van der Waals surface area contributed by atoms with Crippen LogP contribution in [0.1, 0.15) is 36.8 Å². The third-order valence-corrected chi connectivity index (χ3v) is 7.41. The van der Waals surface area contributed by atoms with E-state index in [4.69, 9.17) is 5.73 Å². The van der Waals surface area contributed by atoms with E-state index in [1.54, 1.807) is 18.3 Å². The fraction of sp³-hybridized carbons (Fsp3) is 0.367. The summed E-state index contributed by atoms with van der Waals surface area (Å²) < 4.78 is 0. The summed E-state index contributed by atoms with van der Waals surface area (Å²) in [5.74, 6) is -3.84. The van der Waals surface area contributed by atoms with E-state index in [0.29, 0.717) is 24.1 Å². The minimum atomic E-state index is -1.33. The number of aromatic amines is 1. The van der Waals surface area contributed by atoms with Gasteiger partial charge in [0.05, 0.1) is 6.04 Å². The van der Waals surface area contributed by atoms with Gasteiger partial charge in [-0.25, -0.2) is 4.79 Å². The van der Waals surface area contributed by atoms with Gasteiger partial charge in [0.2, 0.25) is 23.6 Å². The van der Waals surface area contributed by atoms with Crippen molar-refractivity contribution < 1.29 is 34.2 Å². The molecule has 0 saturated carbocycles. The van der Waals surface area contributed by atoms with Gasteiger partial charge in [0.15, 0.2) is 0 Å². The van der Waals surface area contributed by atoms with E-state index in [9.17, 15) is 34.2 Å². The number of phenols is 1. The lowest BCUT2D eigenvalue weighted by atomic mass is 10.0. The first kappa shape index (κ1) is 31.0. The molecule has 13 nitrogen and oxygen atoms in total. The second kappa shape index (κ2) is 14.3. The first-order chi connectivity index (χ1) is 20.6. The first-order valence-corrected chi connectivity index (χ1v) is 14.1. The molecule has 4 unspecified atom stereocenters. The molecule has 2 aromatic carbocycles. The molecule has 228 valence electrons. The Morgan fingerprint density at radius 3 is 2.28 bits per heavy atom. The zero-order valence-corrected chi connectivity index (χ0v) is 23.5. The van der Waals surface area contributed by atoms with Crippen molar-refractivity contribution in [1.29, 1.82) is 0 Å². The van der Waals surface area contributed by atoms with Gasteiger partial charge in [0, 0.05) is 36.4 Å². The van der Waals surface area contributed by atoms with E-state index in [-0.39, 0.29) is 37.3 Å². The number of benzene rings is 2. The number of amides is 4. The molecule has 4 amide bonds. The SMILES string of the molecule is NC(=O)CCC(NC(=O)C(Cc1ccc(O)cc1)NC(=O)C1CCCN1)C(=O)NC(Cc1c[nH]c2ccccc12)C(=O)O. The molecule has 0 spiro atoms. The molecule has 1 fully saturated rings. The highest BCUT2D eigenvalue weighted by molar-refractivity contribution is 5.95. The third kappa shape index (κ3) is 8.55. The first-order valence-electron chi connectivity index (χ1n) is 14.1. The number of carbonyl (C=O) groups is 5. The number of phenolic OH excluding ortho intramolecular Hbond substituents is 1. The molecule has 1 aliphatic heterocycles. The number of rotatable bonds is 14. The number of primary amides is 1. The predicted octanol–water partition coefficient (Wildman–Crippen LogP) is 0.215. The maximum Gasteiger partial charge on any atom is 0.326 e. The number of aromatic hydroxyl groups is 1. The highest BCUT2D eigenvalue weighted by atomic mass is 16.4. The van der Waals surface area contributed by atoms with Gasteiger partial charge in [0.25, 0.3) is 0 Å². The van der Waals surface area contributed by atoms with Crippen LogP contribution in [0.2, 0.25) is 0 Å². The van der Waals surface area contributed by atoms with Crippen LogP contribution >= 0.6 is 0 Å². The topological polar surface area (TPSA) is 216 Å². The monoisotopic (exact) mass is 592 g/mol. The average molecular weight is 593 g/mol. The molecule has 0 radical (unpaired) electrons. The number of aromatic nitrogens is 1. The summed E-state index contributed by atoms with van der Waals surface area (Å²) in [5, 5.41) is 31.2. The summed E-state index contributed by atoms with van der Waals surface area (Å²) in [7, 11) is 0. The fourth-order valence-electron chi connectivity index (χ4n) is 5.08. The van der Waals surface area contributed by atoms with E-state index in [0.717, 1.165) is 17.3 Å². The summed E-state index contributed by atoms with van der Waals surface area (Å²) in [6, 6.07) is 9.24. The van der Waals surface area contributed by atoms with Crippen molar-refractivity contribution in [3.05, 3.63) is 65.9 Å². The summed E-state index contributed by atoms with van der Waals surface area (Å²) >= 11 is 0. The molecule has 4 atom stereocenters. The van der Waals surface area contributed by atoms with Gasteiger partial charge in [-0.1, -0.05) is 30.3 Å². The van der Waals surface area contributed by atoms with Gasteiger partial charge >= 0.3 is 5.97 Å². The molecule has 0 aliphatic carbocycles. The van der Waals surface area contributed by atoms with E-state index in [1.807, 2.05) is 24.3 Å². The number of para-hydroxylation sites is 1. The zero-order valence-electron chi connectivity index (χ0n) is 23.5. The quantitative estimate of drug-likeness (QED) is 0.129. The Morgan fingerprint density at radius 2 is 1.60 bits per heavy atom. The second-order valence-electron chi connectivity index (χ2n) is 10.6. The zero-order chi connectivity index (χ0) is 30.9. The average Bonchev–Trinajstić information content (AvgIpc) is 3.66. The lowest BCUT2D eigenvalue weighted by Crippen LogP contribution is -2.57. The number of carboxylic acid groups (broad SMARTS) is 1. The number of H-pyrrole nitrogens is 1. The summed E-state index contributed by atoms with van der Waals surface area (Å²) in [5.41, 5.74) is 7.44. The van der Waals surface area contributed by atoms with Gasteiger partial charge in [-0.2, -0.15) is 0 Å². The van der Waals surface area contributed by atoms with E-state index < -0.39 is 47.9 Å². The van der Waals surface area contributed by atoms with Crippen LogP contribution in [-0.4, -0.2) is 75.5 Å². The predicted molar refractivity (Wildman–Crippen MR) is 157 cm³/mol. The standard InChI is InChI=1S/C30H36N6O7/c31-26(38)12-11-23(28(40)36-25(30(42)43)15-18-16-33-21-5-2-1-4-20(18)21)34-29(41)24(14-17-7-9-19(37)10-8-17)35-27(39)22-6-3-13-32-22/h1-2,4-5,7-10,16,22-25,32-33,37H,3,6,11-15H2,(H2,31,38)(H,34,41)(H,35,39)(H,36,40)(H,42,43). The van der Waals surface area contributed by atoms with Gasteiger partial charge in [0.1, 0.15) is 23.9 Å². The number of carboxylic acids is 1. The lowest BCUT2D eigenvalue weighted by Gasteiger charge is -2.25. The van der Waals surface area contributed by atoms with Crippen LogP contribution in [0, 0.1) is 0 Å². The summed E-state index contributed by atoms with van der Waals surface area (Å²) in [6.45, 7) is 0.672. The molecule has 43 heavy (non-hydrogen) atoms. The third-order valence-electron chi connectivity index (χ3n) is 7.41. The van der Waals surface area contributed by atoms with Crippen molar-refractivity contribution >= 4 is 40.5 Å². The van der Waals surface area contributed by atoms with Crippen molar-refractivity contribution in [3.63, 3.8) is 0 Å². The smallest absolute Gasteiger partial charge is 0.326 e. The van der Waals surface area contributed by atoms with Crippen LogP contribution in [0.5, 0.6) is 5.75 Å². The van der Waals surface area contributed by atoms with Gasteiger partial charge < -0.3 is 42.2 Å². The minimum absolute atomic E-state index is 0.0322. The Balaban J connectivity index is 1.51. The van der Waals surface area contributed by atoms with E-state index in [2.05, 4.69) is 26.3 Å².